The predicted octanol–water partition coefficient (Wildman–Crippen LogP) is 9.95. The van der Waals surface area contributed by atoms with Crippen molar-refractivity contribution in [3.05, 3.63) is 48.6 Å². The summed E-state index contributed by atoms with van der Waals surface area (Å²) in [5, 5.41) is 30.9. The molecular weight excluding hydrogens is 801 g/mol. The highest BCUT2D eigenvalue weighted by atomic mass is 32.2. The number of carbonyl (C=O) groups excluding carboxylic acids is 2. The maximum absolute atomic E-state index is 12.8. The third-order valence-corrected chi connectivity index (χ3v) is 11.4. The summed E-state index contributed by atoms with van der Waals surface area (Å²) in [5.74, 6) is -2.01. The van der Waals surface area contributed by atoms with Crippen LogP contribution in [0, 0.1) is 0 Å². The van der Waals surface area contributed by atoms with Crippen LogP contribution in [0.1, 0.15) is 187 Å². The Morgan fingerprint density at radius 1 is 0.574 bits per heavy atom. The summed E-state index contributed by atoms with van der Waals surface area (Å²) in [6.45, 7) is 3.64. The molecule has 13 heteroatoms. The largest absolute Gasteiger partial charge is 0.462 e. The standard InChI is InChI=1S/C48H84O12S/c1-3-5-7-9-11-13-15-17-19-21-23-25-27-29-31-33-35-37-44(50)59-41(39-58-48-47(53)46(52)45(51)42(60-48)40-61(54,55)56)38-57-43(49)36-34-32-30-28-26-24-22-20-18-16-14-12-10-8-6-4-2/h5,7,11,13,17,19,23,25,41-42,45-48,51-53H,3-4,6,8-10,12,14-16,18,20-22,24,26-40H2,1-2H3,(H,54,55,56)/b7-5-,13-11-,19-17-,25-23-. The summed E-state index contributed by atoms with van der Waals surface area (Å²) in [5.41, 5.74) is 0. The molecule has 0 amide bonds. The lowest BCUT2D eigenvalue weighted by Gasteiger charge is -2.40. The molecule has 4 N–H and O–H groups in total. The van der Waals surface area contributed by atoms with Gasteiger partial charge in [0.2, 0.25) is 0 Å². The van der Waals surface area contributed by atoms with Crippen LogP contribution in [-0.2, 0) is 38.7 Å². The van der Waals surface area contributed by atoms with Gasteiger partial charge >= 0.3 is 11.9 Å². The molecule has 0 spiro atoms. The maximum atomic E-state index is 12.8. The van der Waals surface area contributed by atoms with Gasteiger partial charge in [-0.2, -0.15) is 8.42 Å². The number of aliphatic hydroxyl groups excluding tert-OH is 3. The molecule has 1 rings (SSSR count). The Bertz CT molecular complexity index is 1310. The van der Waals surface area contributed by atoms with Crippen molar-refractivity contribution < 1.29 is 56.8 Å². The molecule has 1 aliphatic rings. The highest BCUT2D eigenvalue weighted by molar-refractivity contribution is 7.85. The van der Waals surface area contributed by atoms with Crippen molar-refractivity contribution in [3.63, 3.8) is 0 Å². The zero-order valence-corrected chi connectivity index (χ0v) is 38.6. The Balaban J connectivity index is 2.44. The topological polar surface area (TPSA) is 186 Å². The number of rotatable bonds is 39. The molecule has 1 heterocycles. The number of allylic oxidation sites excluding steroid dienone is 8. The van der Waals surface area contributed by atoms with Crippen molar-refractivity contribution >= 4 is 22.1 Å². The second kappa shape index (κ2) is 38.1. The minimum Gasteiger partial charge on any atom is -0.462 e. The van der Waals surface area contributed by atoms with Crippen LogP contribution < -0.4 is 0 Å². The van der Waals surface area contributed by atoms with E-state index in [1.807, 2.05) is 0 Å². The fourth-order valence-electron chi connectivity index (χ4n) is 7.02. The van der Waals surface area contributed by atoms with Gasteiger partial charge in [0.05, 0.1) is 6.61 Å². The Labute approximate surface area is 369 Å². The van der Waals surface area contributed by atoms with Crippen molar-refractivity contribution in [2.24, 2.45) is 0 Å². The smallest absolute Gasteiger partial charge is 0.306 e. The number of carbonyl (C=O) groups is 2. The van der Waals surface area contributed by atoms with Crippen LogP contribution in [0.5, 0.6) is 0 Å². The van der Waals surface area contributed by atoms with E-state index in [4.69, 9.17) is 18.9 Å². The molecule has 0 aromatic rings. The van der Waals surface area contributed by atoms with Crippen LogP contribution in [-0.4, -0.2) is 96.0 Å². The van der Waals surface area contributed by atoms with Gasteiger partial charge in [-0.25, -0.2) is 0 Å². The Hall–Kier alpha value is -2.39. The quantitative estimate of drug-likeness (QED) is 0.0198. The lowest BCUT2D eigenvalue weighted by atomic mass is 10.00. The van der Waals surface area contributed by atoms with Crippen LogP contribution in [0.25, 0.3) is 0 Å². The summed E-state index contributed by atoms with van der Waals surface area (Å²) >= 11 is 0. The first-order valence-electron chi connectivity index (χ1n) is 23.7. The van der Waals surface area contributed by atoms with Gasteiger partial charge in [-0.15, -0.1) is 0 Å². The SMILES string of the molecule is CC/C=C\C/C=C\C/C=C\C/C=C\CCCCCCC(=O)OC(COC(=O)CCCCCCCCCCCCCCCCCC)COC1OC(CS(=O)(=O)O)C(O)C(O)C1O. The van der Waals surface area contributed by atoms with E-state index in [0.29, 0.717) is 12.8 Å². The first kappa shape index (κ1) is 56.6. The Kier molecular flexibility index (Phi) is 35.4. The van der Waals surface area contributed by atoms with Crippen molar-refractivity contribution in [1.82, 2.24) is 0 Å². The molecule has 0 saturated carbocycles. The molecule has 0 aromatic heterocycles. The van der Waals surface area contributed by atoms with E-state index < -0.39 is 71.2 Å². The molecule has 61 heavy (non-hydrogen) atoms. The van der Waals surface area contributed by atoms with E-state index in [0.717, 1.165) is 70.6 Å². The van der Waals surface area contributed by atoms with Gasteiger partial charge in [0.1, 0.15) is 36.8 Å². The minimum atomic E-state index is -4.61. The van der Waals surface area contributed by atoms with E-state index in [1.54, 1.807) is 0 Å². The van der Waals surface area contributed by atoms with Crippen LogP contribution in [0.2, 0.25) is 0 Å². The number of unbranched alkanes of at least 4 members (excludes halogenated alkanes) is 19. The first-order chi connectivity index (χ1) is 29.5. The summed E-state index contributed by atoms with van der Waals surface area (Å²) in [7, 11) is -4.61. The summed E-state index contributed by atoms with van der Waals surface area (Å²) < 4.78 is 54.1. The summed E-state index contributed by atoms with van der Waals surface area (Å²) in [4.78, 5) is 25.4. The van der Waals surface area contributed by atoms with Gasteiger partial charge in [-0.1, -0.05) is 172 Å². The molecule has 6 atom stereocenters. The van der Waals surface area contributed by atoms with Crippen LogP contribution in [0.4, 0.5) is 0 Å². The molecule has 0 radical (unpaired) electrons. The number of hydrogen-bond acceptors (Lipinski definition) is 11. The Morgan fingerprint density at radius 3 is 1.54 bits per heavy atom. The molecule has 0 bridgehead atoms. The van der Waals surface area contributed by atoms with Gasteiger partial charge in [0.15, 0.2) is 12.4 Å². The lowest BCUT2D eigenvalue weighted by molar-refractivity contribution is -0.297. The van der Waals surface area contributed by atoms with Gasteiger partial charge in [-0.05, 0) is 51.4 Å². The minimum absolute atomic E-state index is 0.136. The van der Waals surface area contributed by atoms with E-state index in [2.05, 4.69) is 62.5 Å². The monoisotopic (exact) mass is 885 g/mol. The number of esters is 2. The fraction of sp³-hybridized carbons (Fsp3) is 0.792. The van der Waals surface area contributed by atoms with Crippen LogP contribution >= 0.6 is 0 Å². The molecule has 12 nitrogen and oxygen atoms in total. The van der Waals surface area contributed by atoms with E-state index in [-0.39, 0.29) is 19.4 Å². The van der Waals surface area contributed by atoms with Crippen molar-refractivity contribution in [1.29, 1.82) is 0 Å². The van der Waals surface area contributed by atoms with Crippen LogP contribution in [0.15, 0.2) is 48.6 Å². The third kappa shape index (κ3) is 32.9. The highest BCUT2D eigenvalue weighted by Crippen LogP contribution is 2.24. The molecule has 0 aliphatic carbocycles. The van der Waals surface area contributed by atoms with Crippen molar-refractivity contribution in [2.75, 3.05) is 19.0 Å². The fourth-order valence-corrected chi connectivity index (χ4v) is 7.71. The van der Waals surface area contributed by atoms with Gasteiger partial charge in [0.25, 0.3) is 10.1 Å². The van der Waals surface area contributed by atoms with Crippen molar-refractivity contribution in [2.45, 2.75) is 224 Å². The molecule has 6 unspecified atom stereocenters. The molecule has 354 valence electrons. The molecule has 1 saturated heterocycles. The van der Waals surface area contributed by atoms with Gasteiger partial charge in [-0.3, -0.25) is 14.1 Å². The molecular formula is C48H84O12S. The van der Waals surface area contributed by atoms with Gasteiger partial charge < -0.3 is 34.3 Å². The number of aliphatic hydroxyl groups is 3. The average molecular weight is 885 g/mol. The van der Waals surface area contributed by atoms with Gasteiger partial charge in [0, 0.05) is 12.8 Å². The van der Waals surface area contributed by atoms with E-state index >= 15 is 0 Å². The zero-order chi connectivity index (χ0) is 44.8. The van der Waals surface area contributed by atoms with E-state index in [9.17, 15) is 37.9 Å². The average Bonchev–Trinajstić information content (AvgIpc) is 3.22. The molecule has 0 aromatic carbocycles. The van der Waals surface area contributed by atoms with Crippen LogP contribution in [0.3, 0.4) is 0 Å². The maximum Gasteiger partial charge on any atom is 0.306 e. The predicted molar refractivity (Wildman–Crippen MR) is 242 cm³/mol. The highest BCUT2D eigenvalue weighted by Gasteiger charge is 2.46. The first-order valence-corrected chi connectivity index (χ1v) is 25.3. The number of ether oxygens (including phenoxy) is 4. The zero-order valence-electron chi connectivity index (χ0n) is 37.8. The Morgan fingerprint density at radius 2 is 1.03 bits per heavy atom. The van der Waals surface area contributed by atoms with Crippen molar-refractivity contribution in [3.8, 4) is 0 Å². The lowest BCUT2D eigenvalue weighted by Crippen LogP contribution is -2.60. The molecule has 1 fully saturated rings. The van der Waals surface area contributed by atoms with E-state index in [1.165, 1.54) is 77.0 Å². The summed E-state index contributed by atoms with van der Waals surface area (Å²) in [6, 6.07) is 0. The second-order valence-electron chi connectivity index (χ2n) is 16.4. The second-order valence-corrected chi connectivity index (χ2v) is 17.9. The number of hydrogen-bond donors (Lipinski definition) is 4. The third-order valence-electron chi connectivity index (χ3n) is 10.7. The normalized spacial score (nSPS) is 20.4. The molecule has 1 aliphatic heterocycles. The summed E-state index contributed by atoms with van der Waals surface area (Å²) in [6.07, 6.45) is 35.8.